The number of rotatable bonds is 8. The lowest BCUT2D eigenvalue weighted by Crippen LogP contribution is -2.11. The molecule has 3 aromatic rings. The van der Waals surface area contributed by atoms with Crippen LogP contribution in [-0.2, 0) is 23.6 Å². The minimum atomic E-state index is -0.400. The first-order valence-corrected chi connectivity index (χ1v) is 9.64. The van der Waals surface area contributed by atoms with E-state index in [-0.39, 0.29) is 6.61 Å². The van der Waals surface area contributed by atoms with E-state index >= 15 is 0 Å². The molecular formula is C18H21N5O3S. The van der Waals surface area contributed by atoms with Crippen LogP contribution in [0, 0.1) is 13.8 Å². The van der Waals surface area contributed by atoms with Gasteiger partial charge in [-0.2, -0.15) is 0 Å². The van der Waals surface area contributed by atoms with Crippen LogP contribution in [0.15, 0.2) is 33.7 Å². The molecule has 142 valence electrons. The van der Waals surface area contributed by atoms with Gasteiger partial charge in [0.15, 0.2) is 12.4 Å². The Hall–Kier alpha value is -2.68. The van der Waals surface area contributed by atoms with Crippen LogP contribution in [0.5, 0.6) is 0 Å². The van der Waals surface area contributed by atoms with Crippen molar-refractivity contribution in [1.29, 1.82) is 0 Å². The molecule has 0 saturated carbocycles. The molecule has 0 unspecified atom stereocenters. The summed E-state index contributed by atoms with van der Waals surface area (Å²) in [5, 5.41) is 15.4. The van der Waals surface area contributed by atoms with Gasteiger partial charge in [0.2, 0.25) is 0 Å². The number of nitrogens with zero attached hydrogens (tertiary/aromatic N) is 5. The highest BCUT2D eigenvalue weighted by molar-refractivity contribution is 7.98. The predicted molar refractivity (Wildman–Crippen MR) is 99.2 cm³/mol. The predicted octanol–water partition coefficient (Wildman–Crippen LogP) is 3.34. The van der Waals surface area contributed by atoms with Crippen LogP contribution in [0.25, 0.3) is 0 Å². The summed E-state index contributed by atoms with van der Waals surface area (Å²) in [5.74, 6) is 1.59. The Morgan fingerprint density at radius 2 is 2.11 bits per heavy atom. The number of aromatic nitrogens is 5. The van der Waals surface area contributed by atoms with Gasteiger partial charge < -0.3 is 9.26 Å². The first kappa shape index (κ1) is 19.1. The molecule has 0 fully saturated rings. The zero-order valence-corrected chi connectivity index (χ0v) is 16.3. The summed E-state index contributed by atoms with van der Waals surface area (Å²) in [4.78, 5) is 13.4. The normalized spacial score (nSPS) is 10.9. The topological polar surface area (TPSA) is 95.9 Å². The molecule has 2 heterocycles. The van der Waals surface area contributed by atoms with Crippen molar-refractivity contribution in [2.24, 2.45) is 0 Å². The number of aryl methyl sites for hydroxylation is 3. The van der Waals surface area contributed by atoms with Crippen molar-refractivity contribution >= 4 is 17.7 Å². The summed E-state index contributed by atoms with van der Waals surface area (Å²) in [5.41, 5.74) is 2.42. The Kier molecular flexibility index (Phi) is 6.23. The van der Waals surface area contributed by atoms with Crippen molar-refractivity contribution in [2.75, 3.05) is 0 Å². The minimum Gasteiger partial charge on any atom is -0.454 e. The number of carbonyl (C=O) groups is 1. The first-order chi connectivity index (χ1) is 13.1. The number of esters is 1. The van der Waals surface area contributed by atoms with Crippen molar-refractivity contribution in [2.45, 2.75) is 51.0 Å². The van der Waals surface area contributed by atoms with E-state index in [1.165, 1.54) is 0 Å². The summed E-state index contributed by atoms with van der Waals surface area (Å²) >= 11 is 1.55. The highest BCUT2D eigenvalue weighted by Crippen LogP contribution is 2.29. The third-order valence-electron chi connectivity index (χ3n) is 4.03. The molecule has 2 aromatic heterocycles. The maximum Gasteiger partial charge on any atom is 0.339 e. The van der Waals surface area contributed by atoms with E-state index in [1.807, 2.05) is 39.0 Å². The number of carbonyl (C=O) groups excluding carboxylic acids is 1. The maximum absolute atomic E-state index is 12.6. The average Bonchev–Trinajstić information content (AvgIpc) is 3.25. The second-order valence-electron chi connectivity index (χ2n) is 5.98. The molecule has 0 atom stereocenters. The van der Waals surface area contributed by atoms with Crippen LogP contribution in [0.3, 0.4) is 0 Å². The third kappa shape index (κ3) is 4.54. The zero-order valence-electron chi connectivity index (χ0n) is 15.5. The first-order valence-electron chi connectivity index (χ1n) is 8.66. The largest absolute Gasteiger partial charge is 0.454 e. The van der Waals surface area contributed by atoms with Crippen molar-refractivity contribution in [3.8, 4) is 0 Å². The molecule has 0 bridgehead atoms. The molecule has 0 aliphatic carbocycles. The molecule has 0 spiro atoms. The second-order valence-corrected chi connectivity index (χ2v) is 7.00. The van der Waals surface area contributed by atoms with Crippen LogP contribution in [0.1, 0.15) is 46.5 Å². The fourth-order valence-corrected chi connectivity index (χ4v) is 3.73. The fourth-order valence-electron chi connectivity index (χ4n) is 2.54. The van der Waals surface area contributed by atoms with Gasteiger partial charge in [-0.1, -0.05) is 24.2 Å². The molecule has 0 amide bonds. The van der Waals surface area contributed by atoms with Crippen LogP contribution in [0.2, 0.25) is 0 Å². The van der Waals surface area contributed by atoms with Crippen LogP contribution in [-0.4, -0.2) is 31.3 Å². The van der Waals surface area contributed by atoms with E-state index in [0.29, 0.717) is 23.7 Å². The Morgan fingerprint density at radius 1 is 1.30 bits per heavy atom. The lowest BCUT2D eigenvalue weighted by atomic mass is 10.2. The van der Waals surface area contributed by atoms with Crippen molar-refractivity contribution in [3.63, 3.8) is 0 Å². The van der Waals surface area contributed by atoms with E-state index in [2.05, 4.69) is 20.7 Å². The highest BCUT2D eigenvalue weighted by atomic mass is 32.2. The second kappa shape index (κ2) is 8.81. The van der Waals surface area contributed by atoms with Gasteiger partial charge in [0, 0.05) is 22.8 Å². The van der Waals surface area contributed by atoms with Crippen molar-refractivity contribution in [1.82, 2.24) is 25.4 Å². The molecule has 0 aliphatic heterocycles. The number of hydrogen-bond donors (Lipinski definition) is 0. The Bertz CT molecular complexity index is 902. The molecule has 8 nitrogen and oxygen atoms in total. The number of tetrazole rings is 1. The standard InChI is InChI=1S/C18H21N5O3S/c1-4-9-23-17(19-21-22-23)10-25-18(24)14-7-5-6-8-16(14)27-11-15-12(2)20-26-13(15)3/h5-8H,4,9-11H2,1-3H3. The van der Waals surface area contributed by atoms with Gasteiger partial charge in [0.1, 0.15) is 5.76 Å². The summed E-state index contributed by atoms with van der Waals surface area (Å²) in [6.45, 7) is 6.55. The van der Waals surface area contributed by atoms with Gasteiger partial charge in [-0.25, -0.2) is 9.48 Å². The Balaban J connectivity index is 1.67. The van der Waals surface area contributed by atoms with E-state index in [4.69, 9.17) is 9.26 Å². The Morgan fingerprint density at radius 3 is 2.85 bits per heavy atom. The molecule has 3 rings (SSSR count). The van der Waals surface area contributed by atoms with Crippen LogP contribution >= 0.6 is 11.8 Å². The monoisotopic (exact) mass is 387 g/mol. The molecular weight excluding hydrogens is 366 g/mol. The van der Waals surface area contributed by atoms with E-state index in [1.54, 1.807) is 22.5 Å². The maximum atomic E-state index is 12.6. The summed E-state index contributed by atoms with van der Waals surface area (Å²) < 4.78 is 12.3. The lowest BCUT2D eigenvalue weighted by Gasteiger charge is -2.09. The van der Waals surface area contributed by atoms with Gasteiger partial charge in [-0.3, -0.25) is 0 Å². The number of hydrogen-bond acceptors (Lipinski definition) is 8. The van der Waals surface area contributed by atoms with E-state index < -0.39 is 5.97 Å². The lowest BCUT2D eigenvalue weighted by molar-refractivity contribution is 0.0452. The quantitative estimate of drug-likeness (QED) is 0.429. The molecule has 1 aromatic carbocycles. The molecule has 0 saturated heterocycles. The zero-order chi connectivity index (χ0) is 19.2. The van der Waals surface area contributed by atoms with Gasteiger partial charge >= 0.3 is 5.97 Å². The highest BCUT2D eigenvalue weighted by Gasteiger charge is 2.16. The molecule has 27 heavy (non-hydrogen) atoms. The van der Waals surface area contributed by atoms with Gasteiger partial charge in [-0.05, 0) is 42.8 Å². The third-order valence-corrected chi connectivity index (χ3v) is 5.13. The minimum absolute atomic E-state index is 0.0364. The summed E-state index contributed by atoms with van der Waals surface area (Å²) in [7, 11) is 0. The van der Waals surface area contributed by atoms with Crippen LogP contribution < -0.4 is 0 Å². The van der Waals surface area contributed by atoms with Gasteiger partial charge in [0.25, 0.3) is 0 Å². The number of thioether (sulfide) groups is 1. The van der Waals surface area contributed by atoms with Crippen molar-refractivity contribution in [3.05, 3.63) is 52.7 Å². The van der Waals surface area contributed by atoms with E-state index in [9.17, 15) is 4.79 Å². The molecule has 9 heteroatoms. The van der Waals surface area contributed by atoms with E-state index in [0.717, 1.165) is 28.3 Å². The smallest absolute Gasteiger partial charge is 0.339 e. The van der Waals surface area contributed by atoms with Crippen molar-refractivity contribution < 1.29 is 14.1 Å². The summed E-state index contributed by atoms with van der Waals surface area (Å²) in [6.07, 6.45) is 0.896. The fraction of sp³-hybridized carbons (Fsp3) is 0.389. The SMILES string of the molecule is CCCn1nnnc1COC(=O)c1ccccc1SCc1c(C)noc1C. The number of ether oxygens (including phenoxy) is 1. The Labute approximate surface area is 161 Å². The molecule has 0 N–H and O–H groups in total. The molecule has 0 radical (unpaired) electrons. The number of benzene rings is 1. The molecule has 0 aliphatic rings. The van der Waals surface area contributed by atoms with Gasteiger partial charge in [0.05, 0.1) is 11.3 Å². The van der Waals surface area contributed by atoms with Crippen LogP contribution in [0.4, 0.5) is 0 Å². The van der Waals surface area contributed by atoms with Gasteiger partial charge in [-0.15, -0.1) is 16.9 Å². The summed E-state index contributed by atoms with van der Waals surface area (Å²) in [6, 6.07) is 7.37. The average molecular weight is 387 g/mol.